The molecule has 1 aromatic heterocycles. The van der Waals surface area contributed by atoms with Crippen LogP contribution in [0.15, 0.2) is 12.3 Å². The first-order chi connectivity index (χ1) is 6.12. The SMILES string of the molecule is Cn1cc([Si](C)(C)C)cc1[Si](C)(C)C. The number of aromatic nitrogens is 1. The minimum atomic E-state index is -1.15. The topological polar surface area (TPSA) is 4.93 Å². The maximum absolute atomic E-state index is 2.46. The zero-order chi connectivity index (χ0) is 11.1. The minimum absolute atomic E-state index is 1.12. The fourth-order valence-electron chi connectivity index (χ4n) is 1.72. The Morgan fingerprint density at radius 1 is 0.929 bits per heavy atom. The van der Waals surface area contributed by atoms with Crippen molar-refractivity contribution in [2.75, 3.05) is 0 Å². The highest BCUT2D eigenvalue weighted by atomic mass is 28.3. The monoisotopic (exact) mass is 225 g/mol. The quantitative estimate of drug-likeness (QED) is 0.680. The number of hydrogen-bond acceptors (Lipinski definition) is 0. The van der Waals surface area contributed by atoms with Gasteiger partial charge in [0, 0.05) is 18.6 Å². The van der Waals surface area contributed by atoms with Crippen LogP contribution in [0.5, 0.6) is 0 Å². The molecule has 1 rings (SSSR count). The molecule has 0 spiro atoms. The van der Waals surface area contributed by atoms with Gasteiger partial charge in [0.2, 0.25) is 0 Å². The van der Waals surface area contributed by atoms with Gasteiger partial charge in [-0.25, -0.2) is 0 Å². The van der Waals surface area contributed by atoms with E-state index in [0.717, 1.165) is 0 Å². The molecule has 0 aliphatic carbocycles. The van der Waals surface area contributed by atoms with Gasteiger partial charge in [-0.3, -0.25) is 0 Å². The third-order valence-electron chi connectivity index (χ3n) is 2.64. The van der Waals surface area contributed by atoms with Crippen LogP contribution in [-0.2, 0) is 7.05 Å². The van der Waals surface area contributed by atoms with Crippen LogP contribution in [0.4, 0.5) is 0 Å². The van der Waals surface area contributed by atoms with E-state index in [9.17, 15) is 0 Å². The number of nitrogens with zero attached hydrogens (tertiary/aromatic N) is 1. The van der Waals surface area contributed by atoms with Gasteiger partial charge in [-0.2, -0.15) is 0 Å². The number of rotatable bonds is 2. The van der Waals surface area contributed by atoms with Crippen LogP contribution in [0.2, 0.25) is 39.3 Å². The predicted molar refractivity (Wildman–Crippen MR) is 71.4 cm³/mol. The van der Waals surface area contributed by atoms with Crippen LogP contribution in [0, 0.1) is 0 Å². The Labute approximate surface area is 90.2 Å². The molecule has 3 heteroatoms. The summed E-state index contributed by atoms with van der Waals surface area (Å²) in [5.41, 5.74) is 0. The van der Waals surface area contributed by atoms with Crippen molar-refractivity contribution in [2.24, 2.45) is 7.05 Å². The molecular formula is C11H23NSi2. The summed E-state index contributed by atoms with van der Waals surface area (Å²) in [6, 6.07) is 2.46. The van der Waals surface area contributed by atoms with Gasteiger partial charge >= 0.3 is 0 Å². The van der Waals surface area contributed by atoms with Gasteiger partial charge in [0.05, 0.1) is 16.1 Å². The van der Waals surface area contributed by atoms with Crippen molar-refractivity contribution in [3.8, 4) is 0 Å². The van der Waals surface area contributed by atoms with Crippen LogP contribution in [0.25, 0.3) is 0 Å². The third kappa shape index (κ3) is 2.39. The Morgan fingerprint density at radius 2 is 1.43 bits per heavy atom. The largest absolute Gasteiger partial charge is 0.358 e. The molecule has 0 aromatic carbocycles. The molecule has 0 fully saturated rings. The molecule has 0 N–H and O–H groups in total. The van der Waals surface area contributed by atoms with Crippen molar-refractivity contribution in [2.45, 2.75) is 39.3 Å². The lowest BCUT2D eigenvalue weighted by Gasteiger charge is -2.17. The highest BCUT2D eigenvalue weighted by Crippen LogP contribution is 2.06. The molecule has 0 aliphatic rings. The first kappa shape index (κ1) is 11.8. The molecule has 0 saturated carbocycles. The van der Waals surface area contributed by atoms with Crippen LogP contribution in [-0.4, -0.2) is 20.7 Å². The summed E-state index contributed by atoms with van der Waals surface area (Å²) >= 11 is 0. The van der Waals surface area contributed by atoms with E-state index in [-0.39, 0.29) is 0 Å². The molecule has 80 valence electrons. The summed E-state index contributed by atoms with van der Waals surface area (Å²) in [4.78, 5) is 0. The van der Waals surface area contributed by atoms with Crippen molar-refractivity contribution in [1.82, 2.24) is 4.57 Å². The summed E-state index contributed by atoms with van der Waals surface area (Å²) < 4.78 is 2.35. The molecule has 0 amide bonds. The van der Waals surface area contributed by atoms with E-state index < -0.39 is 16.1 Å². The van der Waals surface area contributed by atoms with Crippen molar-refractivity contribution >= 4 is 26.7 Å². The zero-order valence-corrected chi connectivity index (χ0v) is 12.6. The standard InChI is InChI=1S/C11H23NSi2/c1-12-9-10(13(2,3)4)8-11(12)14(5,6)7/h8-9H,1-7H3. The molecule has 0 radical (unpaired) electrons. The van der Waals surface area contributed by atoms with Crippen molar-refractivity contribution in [3.05, 3.63) is 12.3 Å². The van der Waals surface area contributed by atoms with Crippen molar-refractivity contribution in [3.63, 3.8) is 0 Å². The van der Waals surface area contributed by atoms with Gasteiger partial charge in [-0.05, 0) is 11.3 Å². The maximum atomic E-state index is 2.46. The summed E-state index contributed by atoms with van der Waals surface area (Å²) in [6.45, 7) is 14.5. The smallest absolute Gasteiger partial charge is 0.0984 e. The lowest BCUT2D eigenvalue weighted by Crippen LogP contribution is -2.43. The van der Waals surface area contributed by atoms with Gasteiger partial charge in [0.15, 0.2) is 0 Å². The maximum Gasteiger partial charge on any atom is 0.0984 e. The van der Waals surface area contributed by atoms with Gasteiger partial charge < -0.3 is 4.57 Å². The Hall–Kier alpha value is -0.286. The summed E-state index contributed by atoms with van der Waals surface area (Å²) in [6.07, 6.45) is 2.35. The minimum Gasteiger partial charge on any atom is -0.358 e. The van der Waals surface area contributed by atoms with Crippen molar-refractivity contribution in [1.29, 1.82) is 0 Å². The first-order valence-corrected chi connectivity index (χ1v) is 12.3. The van der Waals surface area contributed by atoms with Gasteiger partial charge in [-0.1, -0.05) is 39.3 Å². The third-order valence-corrected chi connectivity index (χ3v) is 6.68. The van der Waals surface area contributed by atoms with Gasteiger partial charge in [0.25, 0.3) is 0 Å². The fraction of sp³-hybridized carbons (Fsp3) is 0.636. The van der Waals surface area contributed by atoms with E-state index in [0.29, 0.717) is 0 Å². The number of hydrogen-bond donors (Lipinski definition) is 0. The summed E-state index contributed by atoms with van der Waals surface area (Å²) in [5, 5.41) is 3.17. The second kappa shape index (κ2) is 3.38. The molecule has 0 saturated heterocycles. The first-order valence-electron chi connectivity index (χ1n) is 5.30. The van der Waals surface area contributed by atoms with Crippen LogP contribution >= 0.6 is 0 Å². The highest BCUT2D eigenvalue weighted by Gasteiger charge is 2.24. The normalized spacial score (nSPS) is 13.4. The van der Waals surface area contributed by atoms with E-state index in [1.807, 2.05) is 0 Å². The average molecular weight is 225 g/mol. The lowest BCUT2D eigenvalue weighted by atomic mass is 10.7. The van der Waals surface area contributed by atoms with Crippen LogP contribution in [0.3, 0.4) is 0 Å². The molecule has 0 bridgehead atoms. The van der Waals surface area contributed by atoms with E-state index in [1.165, 1.54) is 0 Å². The lowest BCUT2D eigenvalue weighted by molar-refractivity contribution is 0.954. The predicted octanol–water partition coefficient (Wildman–Crippen LogP) is 2.12. The Balaban J connectivity index is 3.19. The van der Waals surface area contributed by atoms with Gasteiger partial charge in [-0.15, -0.1) is 0 Å². The van der Waals surface area contributed by atoms with Crippen molar-refractivity contribution < 1.29 is 0 Å². The molecule has 14 heavy (non-hydrogen) atoms. The fourth-order valence-corrected chi connectivity index (χ4v) is 4.73. The van der Waals surface area contributed by atoms with E-state index in [4.69, 9.17) is 0 Å². The van der Waals surface area contributed by atoms with E-state index in [2.05, 4.69) is 63.2 Å². The molecule has 1 heterocycles. The molecule has 1 aromatic rings. The summed E-state index contributed by atoms with van der Waals surface area (Å²) in [7, 11) is -0.0802. The molecule has 1 nitrogen and oxygen atoms in total. The summed E-state index contributed by atoms with van der Waals surface area (Å²) in [5.74, 6) is 0. The van der Waals surface area contributed by atoms with Crippen LogP contribution < -0.4 is 10.5 Å². The second-order valence-electron chi connectivity index (χ2n) is 6.22. The Bertz CT molecular complexity index is 326. The van der Waals surface area contributed by atoms with E-state index in [1.54, 1.807) is 10.5 Å². The molecule has 0 unspecified atom stereocenters. The number of aryl methyl sites for hydroxylation is 1. The molecule has 0 atom stereocenters. The highest BCUT2D eigenvalue weighted by molar-refractivity contribution is 6.91. The Kier molecular flexibility index (Phi) is 2.85. The van der Waals surface area contributed by atoms with Crippen LogP contribution in [0.1, 0.15) is 0 Å². The average Bonchev–Trinajstić information content (AvgIpc) is 2.27. The Morgan fingerprint density at radius 3 is 1.64 bits per heavy atom. The zero-order valence-electron chi connectivity index (χ0n) is 10.6. The van der Waals surface area contributed by atoms with Gasteiger partial charge in [0.1, 0.15) is 0 Å². The molecular weight excluding hydrogens is 202 g/mol. The molecule has 0 aliphatic heterocycles. The second-order valence-corrected chi connectivity index (χ2v) is 16.3. The van der Waals surface area contributed by atoms with E-state index >= 15 is 0 Å².